The zero-order valence-corrected chi connectivity index (χ0v) is 31.1. The molecule has 1 aliphatic heterocycles. The van der Waals surface area contributed by atoms with Gasteiger partial charge in [-0.25, -0.2) is 4.79 Å². The number of hydrogen-bond acceptors (Lipinski definition) is 9. The van der Waals surface area contributed by atoms with Crippen molar-refractivity contribution in [3.05, 3.63) is 47.5 Å². The molecule has 0 spiro atoms. The van der Waals surface area contributed by atoms with Crippen LogP contribution in [0.2, 0.25) is 0 Å². The Labute approximate surface area is 296 Å². The third-order valence-electron chi connectivity index (χ3n) is 11.6. The topological polar surface area (TPSA) is 133 Å². The number of para-hydroxylation sites is 1. The van der Waals surface area contributed by atoms with Crippen molar-refractivity contribution in [2.75, 3.05) is 53.9 Å². The van der Waals surface area contributed by atoms with E-state index in [-0.39, 0.29) is 36.4 Å². The molecule has 50 heavy (non-hydrogen) atoms. The highest BCUT2D eigenvalue weighted by molar-refractivity contribution is 5.97. The summed E-state index contributed by atoms with van der Waals surface area (Å²) in [6, 6.07) is 10.5. The predicted molar refractivity (Wildman–Crippen MR) is 192 cm³/mol. The van der Waals surface area contributed by atoms with Crippen molar-refractivity contribution in [1.29, 1.82) is 0 Å². The smallest absolute Gasteiger partial charge is 0.409 e. The summed E-state index contributed by atoms with van der Waals surface area (Å²) in [4.78, 5) is 49.5. The van der Waals surface area contributed by atoms with E-state index in [0.29, 0.717) is 29.1 Å². The van der Waals surface area contributed by atoms with E-state index >= 15 is 0 Å². The molecule has 274 valence electrons. The number of anilines is 1. The number of hydrogen-bond donors (Lipinski definition) is 3. The Bertz CT molecular complexity index is 1580. The van der Waals surface area contributed by atoms with Gasteiger partial charge in [-0.1, -0.05) is 39.0 Å². The van der Waals surface area contributed by atoms with Crippen LogP contribution in [0.25, 0.3) is 11.1 Å². The largest absolute Gasteiger partial charge is 0.496 e. The van der Waals surface area contributed by atoms with Crippen molar-refractivity contribution >= 4 is 23.6 Å². The number of fused-ring (bicyclic) bond motifs is 2. The van der Waals surface area contributed by atoms with E-state index < -0.39 is 30.3 Å². The van der Waals surface area contributed by atoms with Crippen molar-refractivity contribution in [1.82, 2.24) is 20.6 Å². The Morgan fingerprint density at radius 3 is 2.42 bits per heavy atom. The van der Waals surface area contributed by atoms with Gasteiger partial charge >= 0.3 is 6.09 Å². The van der Waals surface area contributed by atoms with Crippen molar-refractivity contribution in [3.63, 3.8) is 0 Å². The fourth-order valence-electron chi connectivity index (χ4n) is 8.46. The van der Waals surface area contributed by atoms with Crippen LogP contribution in [-0.4, -0.2) is 106 Å². The average molecular weight is 694 g/mol. The number of carbonyl (C=O) groups excluding carboxylic acids is 3. The maximum Gasteiger partial charge on any atom is 0.409 e. The normalized spacial score (nSPS) is 27.5. The number of methoxy groups -OCH3 is 1. The third-order valence-corrected chi connectivity index (χ3v) is 11.6. The number of carbonyl (C=O) groups is 3. The lowest BCUT2D eigenvalue weighted by Crippen LogP contribution is -2.62. The van der Waals surface area contributed by atoms with Crippen molar-refractivity contribution < 1.29 is 33.8 Å². The Balaban J connectivity index is 1.50. The molecule has 2 aromatic rings. The molecule has 1 heterocycles. The highest BCUT2D eigenvalue weighted by atomic mass is 16.7. The number of aliphatic hydroxyl groups excluding tert-OH is 1. The average Bonchev–Trinajstić information content (AvgIpc) is 3.46. The van der Waals surface area contributed by atoms with Gasteiger partial charge in [0.2, 0.25) is 5.91 Å². The van der Waals surface area contributed by atoms with Crippen LogP contribution < -0.4 is 20.3 Å². The predicted octanol–water partition coefficient (Wildman–Crippen LogP) is 4.15. The van der Waals surface area contributed by atoms with Crippen molar-refractivity contribution in [3.8, 4) is 16.9 Å². The first-order valence-electron chi connectivity index (χ1n) is 17.6. The highest BCUT2D eigenvalue weighted by Gasteiger charge is 2.57. The Morgan fingerprint density at radius 2 is 1.84 bits per heavy atom. The number of amides is 3. The Hall–Kier alpha value is -3.87. The van der Waals surface area contributed by atoms with Gasteiger partial charge in [-0.2, -0.15) is 5.06 Å². The molecular weight excluding hydrogens is 638 g/mol. The van der Waals surface area contributed by atoms with Crippen molar-refractivity contribution in [2.24, 2.45) is 29.1 Å². The first-order chi connectivity index (χ1) is 23.6. The Morgan fingerprint density at radius 1 is 1.12 bits per heavy atom. The van der Waals surface area contributed by atoms with Gasteiger partial charge in [-0.3, -0.25) is 14.4 Å². The van der Waals surface area contributed by atoms with E-state index in [4.69, 9.17) is 14.3 Å². The van der Waals surface area contributed by atoms with Gasteiger partial charge in [0.1, 0.15) is 24.0 Å². The summed E-state index contributed by atoms with van der Waals surface area (Å²) >= 11 is 0. The molecule has 2 aromatic carbocycles. The lowest BCUT2D eigenvalue weighted by atomic mass is 9.45. The number of benzene rings is 2. The maximum absolute atomic E-state index is 14.5. The molecule has 0 unspecified atom stereocenters. The molecule has 1 saturated heterocycles. The second kappa shape index (κ2) is 14.8. The van der Waals surface area contributed by atoms with Crippen LogP contribution in [-0.2, 0) is 20.9 Å². The van der Waals surface area contributed by atoms with Crippen LogP contribution >= 0.6 is 0 Å². The molecule has 3 amide bonds. The number of aliphatic hydroxyl groups is 1. The number of nitrogens with one attached hydrogen (secondary N) is 2. The molecule has 3 aliphatic carbocycles. The van der Waals surface area contributed by atoms with E-state index in [1.54, 1.807) is 40.2 Å². The van der Waals surface area contributed by atoms with Gasteiger partial charge in [0, 0.05) is 63.7 Å². The second-order valence-electron chi connectivity index (χ2n) is 15.2. The highest BCUT2D eigenvalue weighted by Crippen LogP contribution is 2.61. The van der Waals surface area contributed by atoms with Crippen LogP contribution in [0.4, 0.5) is 10.5 Å². The lowest BCUT2D eigenvalue weighted by molar-refractivity contribution is -0.183. The Kier molecular flexibility index (Phi) is 11.0. The quantitative estimate of drug-likeness (QED) is 0.318. The molecule has 0 aromatic heterocycles. The number of hydroxylamine groups is 2. The number of ether oxygens (including phenoxy) is 2. The van der Waals surface area contributed by atoms with Gasteiger partial charge in [-0.15, -0.1) is 0 Å². The SMILES string of the molecule is CNC(=O)c1cc(-c2cccc(CN3O[C@@H](CO)[C@@H]([C@H](C)OC(=O)N(C)C)[C@H]3C(=O)N[C@H]3C[C@H]4C[C@H]([C@@H]3C)C4(C)C)c2OC)cc(N(C)C)c1. The van der Waals surface area contributed by atoms with E-state index in [0.717, 1.165) is 28.8 Å². The molecule has 4 aliphatic rings. The van der Waals surface area contributed by atoms with E-state index in [1.807, 2.05) is 55.4 Å². The van der Waals surface area contributed by atoms with E-state index in [2.05, 4.69) is 31.4 Å². The molecule has 12 heteroatoms. The van der Waals surface area contributed by atoms with Crippen LogP contribution in [0.5, 0.6) is 5.75 Å². The molecule has 6 rings (SSSR count). The van der Waals surface area contributed by atoms with Gasteiger partial charge < -0.3 is 35.0 Å². The van der Waals surface area contributed by atoms with Crippen LogP contribution in [0, 0.1) is 29.1 Å². The first-order valence-corrected chi connectivity index (χ1v) is 17.6. The fourth-order valence-corrected chi connectivity index (χ4v) is 8.46. The van der Waals surface area contributed by atoms with Crippen LogP contribution in [0.15, 0.2) is 36.4 Å². The van der Waals surface area contributed by atoms with Gasteiger partial charge in [0.15, 0.2) is 0 Å². The zero-order valence-electron chi connectivity index (χ0n) is 31.1. The van der Waals surface area contributed by atoms with Crippen LogP contribution in [0.1, 0.15) is 56.5 Å². The molecule has 3 saturated carbocycles. The molecule has 12 nitrogen and oxygen atoms in total. The summed E-state index contributed by atoms with van der Waals surface area (Å²) in [5, 5.41) is 18.2. The number of rotatable bonds is 11. The zero-order chi connectivity index (χ0) is 36.7. The summed E-state index contributed by atoms with van der Waals surface area (Å²) < 4.78 is 11.8. The third kappa shape index (κ3) is 7.02. The molecule has 4 fully saturated rings. The number of nitrogens with zero attached hydrogens (tertiary/aromatic N) is 3. The molecule has 8 atom stereocenters. The maximum atomic E-state index is 14.5. The lowest BCUT2D eigenvalue weighted by Gasteiger charge is -2.62. The summed E-state index contributed by atoms with van der Waals surface area (Å²) in [7, 11) is 10.2. The fraction of sp³-hybridized carbons (Fsp3) is 0.605. The van der Waals surface area contributed by atoms with Gasteiger partial charge in [0.25, 0.3) is 5.91 Å². The summed E-state index contributed by atoms with van der Waals surface area (Å²) in [6.45, 7) is 8.39. The van der Waals surface area contributed by atoms with Gasteiger partial charge in [0.05, 0.1) is 26.2 Å². The molecule has 3 N–H and O–H groups in total. The minimum atomic E-state index is -0.874. The summed E-state index contributed by atoms with van der Waals surface area (Å²) in [5.74, 6) is 0.864. The minimum absolute atomic E-state index is 0.00550. The molecule has 2 bridgehead atoms. The monoisotopic (exact) mass is 693 g/mol. The second-order valence-corrected chi connectivity index (χ2v) is 15.2. The van der Waals surface area contributed by atoms with E-state index in [9.17, 15) is 19.5 Å². The van der Waals surface area contributed by atoms with Gasteiger partial charge in [-0.05, 0) is 66.7 Å². The molecule has 0 radical (unpaired) electrons. The molecular formula is C38H55N5O7. The minimum Gasteiger partial charge on any atom is -0.496 e. The summed E-state index contributed by atoms with van der Waals surface area (Å²) in [6.07, 6.45) is 0.00485. The van der Waals surface area contributed by atoms with Crippen molar-refractivity contribution in [2.45, 2.75) is 71.4 Å². The standard InChI is InChI=1S/C38H55N5O7/c1-21-29-17-26(38(29,3)4)18-30(21)40-36(46)33-32(22(2)49-37(47)42(8)9)31(20-44)50-43(33)19-23-12-11-13-28(34(23)48-10)24-14-25(35(45)39-5)16-27(15-24)41(6)7/h11-16,21-22,26,29-33,44H,17-20H2,1-10H3,(H,39,45)(H,40,46)/t21-,22-,26+,29+,30-,31-,32+,33-/m0/s1. The van der Waals surface area contributed by atoms with Crippen LogP contribution in [0.3, 0.4) is 0 Å². The van der Waals surface area contributed by atoms with E-state index in [1.165, 1.54) is 11.3 Å². The summed E-state index contributed by atoms with van der Waals surface area (Å²) in [5.41, 5.74) is 3.91. The first kappa shape index (κ1) is 37.4.